The number of hydrogen-bond acceptors (Lipinski definition) is 2. The van der Waals surface area contributed by atoms with Gasteiger partial charge in [-0.2, -0.15) is 0 Å². The maximum Gasteiger partial charge on any atom is 0.251 e. The van der Waals surface area contributed by atoms with E-state index in [0.717, 1.165) is 24.0 Å². The quantitative estimate of drug-likeness (QED) is 0.841. The topological polar surface area (TPSA) is 58.2 Å². The number of rotatable bonds is 4. The summed E-state index contributed by atoms with van der Waals surface area (Å²) in [6.45, 7) is 5.03. The zero-order valence-electron chi connectivity index (χ0n) is 10.8. The predicted octanol–water partition coefficient (Wildman–Crippen LogP) is 1.28. The summed E-state index contributed by atoms with van der Waals surface area (Å²) in [6.07, 6.45) is 1.77. The van der Waals surface area contributed by atoms with Crippen molar-refractivity contribution in [1.82, 2.24) is 10.6 Å². The van der Waals surface area contributed by atoms with E-state index in [0.29, 0.717) is 24.2 Å². The van der Waals surface area contributed by atoms with E-state index in [1.54, 1.807) is 12.1 Å². The highest BCUT2D eigenvalue weighted by Gasteiger charge is 2.26. The molecule has 0 saturated heterocycles. The van der Waals surface area contributed by atoms with Gasteiger partial charge < -0.3 is 10.6 Å². The molecule has 2 N–H and O–H groups in total. The molecule has 4 nitrogen and oxygen atoms in total. The lowest BCUT2D eigenvalue weighted by Crippen LogP contribution is -2.30. The number of nitrogens with one attached hydrogen (secondary N) is 2. The lowest BCUT2D eigenvalue weighted by molar-refractivity contribution is 0.0940. The molecule has 1 aromatic carbocycles. The fraction of sp³-hybridized carbons (Fsp3) is 0.429. The summed E-state index contributed by atoms with van der Waals surface area (Å²) in [4.78, 5) is 23.7. The zero-order valence-corrected chi connectivity index (χ0v) is 10.8. The van der Waals surface area contributed by atoms with Crippen molar-refractivity contribution in [3.63, 3.8) is 0 Å². The molecule has 0 spiro atoms. The predicted molar refractivity (Wildman–Crippen MR) is 69.9 cm³/mol. The summed E-state index contributed by atoms with van der Waals surface area (Å²) < 4.78 is 0. The van der Waals surface area contributed by atoms with Crippen LogP contribution in [0.2, 0.25) is 0 Å². The first-order valence-electron chi connectivity index (χ1n) is 6.40. The number of carbonyl (C=O) groups is 2. The van der Waals surface area contributed by atoms with Crippen LogP contribution in [0.5, 0.6) is 0 Å². The largest absolute Gasteiger partial charge is 0.352 e. The van der Waals surface area contributed by atoms with E-state index in [4.69, 9.17) is 0 Å². The van der Waals surface area contributed by atoms with Crippen molar-refractivity contribution in [1.29, 1.82) is 0 Å². The Kier molecular flexibility index (Phi) is 3.65. The molecule has 1 aromatic rings. The van der Waals surface area contributed by atoms with E-state index in [1.807, 2.05) is 13.8 Å². The van der Waals surface area contributed by atoms with Crippen molar-refractivity contribution in [3.8, 4) is 0 Å². The first-order valence-corrected chi connectivity index (χ1v) is 6.40. The second kappa shape index (κ2) is 5.21. The molecule has 2 rings (SSSR count). The monoisotopic (exact) mass is 246 g/mol. The first kappa shape index (κ1) is 12.6. The van der Waals surface area contributed by atoms with Crippen LogP contribution in [0.15, 0.2) is 12.1 Å². The lowest BCUT2D eigenvalue weighted by atomic mass is 9.81. The van der Waals surface area contributed by atoms with E-state index in [2.05, 4.69) is 10.6 Å². The van der Waals surface area contributed by atoms with E-state index >= 15 is 0 Å². The number of amides is 2. The highest BCUT2D eigenvalue weighted by molar-refractivity contribution is 6.01. The average Bonchev–Trinajstić information content (AvgIpc) is 2.30. The molecule has 96 valence electrons. The molecule has 1 aliphatic carbocycles. The van der Waals surface area contributed by atoms with Gasteiger partial charge in [-0.05, 0) is 49.9 Å². The van der Waals surface area contributed by atoms with Gasteiger partial charge in [-0.3, -0.25) is 9.59 Å². The molecular formula is C14H18N2O2. The minimum absolute atomic E-state index is 0.0455. The number of carbonyl (C=O) groups excluding carboxylic acids is 2. The number of fused-ring (bicyclic) bond motifs is 1. The Bertz CT molecular complexity index is 450. The van der Waals surface area contributed by atoms with Gasteiger partial charge in [0.05, 0.1) is 0 Å². The molecule has 0 fully saturated rings. The normalized spacial score (nSPS) is 12.3. The third kappa shape index (κ3) is 2.10. The van der Waals surface area contributed by atoms with Crippen molar-refractivity contribution < 1.29 is 9.59 Å². The van der Waals surface area contributed by atoms with Gasteiger partial charge in [0.25, 0.3) is 11.8 Å². The van der Waals surface area contributed by atoms with Gasteiger partial charge in [-0.15, -0.1) is 0 Å². The molecule has 0 bridgehead atoms. The van der Waals surface area contributed by atoms with Crippen molar-refractivity contribution in [2.24, 2.45) is 0 Å². The third-order valence-corrected chi connectivity index (χ3v) is 3.22. The zero-order chi connectivity index (χ0) is 13.1. The fourth-order valence-corrected chi connectivity index (χ4v) is 2.27. The SMILES string of the molecule is CCNC(=O)c1ccc(C(=O)NCC)c2c1CC2. The van der Waals surface area contributed by atoms with Crippen LogP contribution in [-0.4, -0.2) is 24.9 Å². The Hall–Kier alpha value is -1.84. The Balaban J connectivity index is 2.32. The van der Waals surface area contributed by atoms with E-state index in [-0.39, 0.29) is 11.8 Å². The van der Waals surface area contributed by atoms with Gasteiger partial charge in [0.2, 0.25) is 0 Å². The molecule has 0 aromatic heterocycles. The van der Waals surface area contributed by atoms with Crippen LogP contribution in [0.3, 0.4) is 0 Å². The molecule has 1 aliphatic rings. The van der Waals surface area contributed by atoms with Gasteiger partial charge in [-0.1, -0.05) is 0 Å². The Morgan fingerprint density at radius 3 is 1.61 bits per heavy atom. The summed E-state index contributed by atoms with van der Waals surface area (Å²) in [7, 11) is 0. The van der Waals surface area contributed by atoms with Gasteiger partial charge >= 0.3 is 0 Å². The molecule has 0 heterocycles. The summed E-state index contributed by atoms with van der Waals surface area (Å²) in [5.74, 6) is -0.0909. The van der Waals surface area contributed by atoms with Crippen LogP contribution in [0.4, 0.5) is 0 Å². The van der Waals surface area contributed by atoms with Crippen LogP contribution >= 0.6 is 0 Å². The molecule has 0 atom stereocenters. The molecule has 0 saturated carbocycles. The number of hydrogen-bond donors (Lipinski definition) is 2. The van der Waals surface area contributed by atoms with Gasteiger partial charge in [-0.25, -0.2) is 0 Å². The summed E-state index contributed by atoms with van der Waals surface area (Å²) >= 11 is 0. The van der Waals surface area contributed by atoms with Crippen LogP contribution < -0.4 is 10.6 Å². The van der Waals surface area contributed by atoms with Gasteiger partial charge in [0.1, 0.15) is 0 Å². The fourth-order valence-electron chi connectivity index (χ4n) is 2.27. The standard InChI is InChI=1S/C14H18N2O2/c1-3-15-13(17)11-7-8-12(14(18)16-4-2)10-6-5-9(10)11/h7-8H,3-6H2,1-2H3,(H,15,17)(H,16,18). The van der Waals surface area contributed by atoms with Crippen LogP contribution in [-0.2, 0) is 12.8 Å². The first-order chi connectivity index (χ1) is 8.69. The Morgan fingerprint density at radius 1 is 0.944 bits per heavy atom. The van der Waals surface area contributed by atoms with E-state index in [1.165, 1.54) is 0 Å². The summed E-state index contributed by atoms with van der Waals surface area (Å²) in [6, 6.07) is 3.51. The lowest BCUT2D eigenvalue weighted by Gasteiger charge is -2.25. The minimum atomic E-state index is -0.0455. The maximum absolute atomic E-state index is 11.8. The number of benzene rings is 1. The molecule has 0 unspecified atom stereocenters. The molecule has 2 amide bonds. The van der Waals surface area contributed by atoms with Gasteiger partial charge in [0.15, 0.2) is 0 Å². The molecule has 0 radical (unpaired) electrons. The van der Waals surface area contributed by atoms with Crippen molar-refractivity contribution in [2.45, 2.75) is 26.7 Å². The smallest absolute Gasteiger partial charge is 0.251 e. The molecular weight excluding hydrogens is 228 g/mol. The minimum Gasteiger partial charge on any atom is -0.352 e. The maximum atomic E-state index is 11.8. The van der Waals surface area contributed by atoms with E-state index < -0.39 is 0 Å². The highest BCUT2D eigenvalue weighted by Crippen LogP contribution is 2.30. The van der Waals surface area contributed by atoms with Crippen molar-refractivity contribution in [2.75, 3.05) is 13.1 Å². The average molecular weight is 246 g/mol. The highest BCUT2D eigenvalue weighted by atomic mass is 16.2. The summed E-state index contributed by atoms with van der Waals surface area (Å²) in [5.41, 5.74) is 3.49. The Labute approximate surface area is 107 Å². The second-order valence-electron chi connectivity index (χ2n) is 4.34. The van der Waals surface area contributed by atoms with Gasteiger partial charge in [0, 0.05) is 24.2 Å². The van der Waals surface area contributed by atoms with Crippen LogP contribution in [0, 0.1) is 0 Å². The molecule has 18 heavy (non-hydrogen) atoms. The van der Waals surface area contributed by atoms with Crippen LogP contribution in [0.1, 0.15) is 45.7 Å². The van der Waals surface area contributed by atoms with E-state index in [9.17, 15) is 9.59 Å². The van der Waals surface area contributed by atoms with Crippen molar-refractivity contribution in [3.05, 3.63) is 34.4 Å². The van der Waals surface area contributed by atoms with Crippen molar-refractivity contribution >= 4 is 11.8 Å². The second-order valence-corrected chi connectivity index (χ2v) is 4.34. The third-order valence-electron chi connectivity index (χ3n) is 3.22. The summed E-state index contributed by atoms with van der Waals surface area (Å²) in [5, 5.41) is 5.60. The van der Waals surface area contributed by atoms with Crippen LogP contribution in [0.25, 0.3) is 0 Å². The molecule has 4 heteroatoms. The Morgan fingerprint density at radius 2 is 1.33 bits per heavy atom. The molecule has 0 aliphatic heterocycles.